The zero-order chi connectivity index (χ0) is 34.9. The van der Waals surface area contributed by atoms with Gasteiger partial charge < -0.3 is 20.5 Å². The molecule has 0 spiro atoms. The Hall–Kier alpha value is -5.37. The van der Waals surface area contributed by atoms with Crippen molar-refractivity contribution in [3.8, 4) is 11.5 Å². The van der Waals surface area contributed by atoms with Gasteiger partial charge in [-0.15, -0.1) is 0 Å². The van der Waals surface area contributed by atoms with E-state index < -0.39 is 26.1 Å². The molecule has 0 heterocycles. The minimum absolute atomic E-state index is 0.0377. The molecule has 0 radical (unpaired) electrons. The van der Waals surface area contributed by atoms with Crippen LogP contribution >= 0.6 is 0 Å². The van der Waals surface area contributed by atoms with E-state index in [4.69, 9.17) is 20.6 Å². The maximum absolute atomic E-state index is 13.7. The number of rotatable bonds is 16. The van der Waals surface area contributed by atoms with E-state index in [-0.39, 0.29) is 46.8 Å². The van der Waals surface area contributed by atoms with Crippen molar-refractivity contribution in [1.29, 1.82) is 5.41 Å². The van der Waals surface area contributed by atoms with Gasteiger partial charge in [0.15, 0.2) is 11.5 Å². The summed E-state index contributed by atoms with van der Waals surface area (Å²) in [6.45, 7) is 2.09. The highest BCUT2D eigenvalue weighted by Crippen LogP contribution is 2.39. The van der Waals surface area contributed by atoms with Gasteiger partial charge in [-0.1, -0.05) is 66.7 Å². The number of nitrogens with one attached hydrogen (secondary N) is 4. The molecule has 254 valence electrons. The number of ether oxygens (including phenoxy) is 2. The molecule has 49 heavy (non-hydrogen) atoms. The molecule has 13 heteroatoms. The smallest absolute Gasteiger partial charge is 0.261 e. The lowest BCUT2D eigenvalue weighted by atomic mass is 10.0. The first kappa shape index (κ1) is 35.0. The van der Waals surface area contributed by atoms with Gasteiger partial charge in [0.2, 0.25) is 10.0 Å². The fourth-order valence-electron chi connectivity index (χ4n) is 4.93. The van der Waals surface area contributed by atoms with Gasteiger partial charge in [-0.2, -0.15) is 0 Å². The molecule has 0 aliphatic rings. The predicted molar refractivity (Wildman–Crippen MR) is 191 cm³/mol. The van der Waals surface area contributed by atoms with Gasteiger partial charge in [-0.3, -0.25) is 10.1 Å². The molecule has 5 aromatic rings. The number of sulfonamides is 2. The van der Waals surface area contributed by atoms with Gasteiger partial charge in [0, 0.05) is 29.4 Å². The van der Waals surface area contributed by atoms with Crippen molar-refractivity contribution in [2.45, 2.75) is 29.4 Å². The van der Waals surface area contributed by atoms with Crippen molar-refractivity contribution in [2.24, 2.45) is 5.73 Å². The van der Waals surface area contributed by atoms with E-state index in [1.807, 2.05) is 37.3 Å². The van der Waals surface area contributed by atoms with Crippen LogP contribution in [0.25, 0.3) is 0 Å². The largest absolute Gasteiger partial charge is 0.490 e. The molecule has 0 amide bonds. The lowest BCUT2D eigenvalue weighted by Crippen LogP contribution is -2.32. The van der Waals surface area contributed by atoms with Gasteiger partial charge in [0.05, 0.1) is 28.1 Å². The Balaban J connectivity index is 1.61. The van der Waals surface area contributed by atoms with E-state index in [0.717, 1.165) is 5.56 Å². The van der Waals surface area contributed by atoms with Crippen LogP contribution in [0.1, 0.15) is 29.7 Å². The van der Waals surface area contributed by atoms with Crippen LogP contribution in [0.3, 0.4) is 0 Å². The van der Waals surface area contributed by atoms with Crippen LogP contribution in [0.5, 0.6) is 11.5 Å². The second kappa shape index (κ2) is 15.7. The predicted octanol–water partition coefficient (Wildman–Crippen LogP) is 5.88. The second-order valence-electron chi connectivity index (χ2n) is 10.9. The van der Waals surface area contributed by atoms with E-state index in [2.05, 4.69) is 14.8 Å². The van der Waals surface area contributed by atoms with Gasteiger partial charge in [-0.05, 0) is 67.1 Å². The standard InChI is InChI=1S/C36H37N5O6S2/c1-2-46-34-22-31(32(41-49(44,45)30-16-10-5-11-17-30)23-35(34)47-25-26-12-6-3-7-13-26)33(40-28-20-18-27(19-21-28)36(37)38)24-39-48(42,43)29-14-8-4-9-15-29/h3-23,33,39-41H,2,24-25H2,1H3,(H3,37,38). The molecule has 5 aromatic carbocycles. The summed E-state index contributed by atoms with van der Waals surface area (Å²) >= 11 is 0. The highest BCUT2D eigenvalue weighted by molar-refractivity contribution is 7.92. The summed E-state index contributed by atoms with van der Waals surface area (Å²) in [4.78, 5) is 0.111. The monoisotopic (exact) mass is 699 g/mol. The molecule has 0 aromatic heterocycles. The summed E-state index contributed by atoms with van der Waals surface area (Å²) in [6, 6.07) is 34.4. The van der Waals surface area contributed by atoms with Gasteiger partial charge in [0.1, 0.15) is 12.4 Å². The molecule has 11 nitrogen and oxygen atoms in total. The van der Waals surface area contributed by atoms with Crippen molar-refractivity contribution in [3.63, 3.8) is 0 Å². The highest BCUT2D eigenvalue weighted by Gasteiger charge is 2.26. The Labute approximate surface area is 286 Å². The third kappa shape index (κ3) is 9.16. The first-order valence-corrected chi connectivity index (χ1v) is 18.3. The first-order chi connectivity index (χ1) is 23.6. The Kier molecular flexibility index (Phi) is 11.2. The number of anilines is 2. The van der Waals surface area contributed by atoms with E-state index in [1.54, 1.807) is 72.8 Å². The normalized spacial score (nSPS) is 12.1. The SMILES string of the molecule is CCOc1cc(C(CNS(=O)(=O)c2ccccc2)Nc2ccc(C(=N)N)cc2)c(NS(=O)(=O)c2ccccc2)cc1OCc1ccccc1. The minimum Gasteiger partial charge on any atom is -0.490 e. The molecule has 5 rings (SSSR count). The first-order valence-electron chi connectivity index (χ1n) is 15.4. The Bertz CT molecular complexity index is 2080. The molecule has 0 bridgehead atoms. The van der Waals surface area contributed by atoms with Crippen molar-refractivity contribution >= 4 is 37.3 Å². The lowest BCUT2D eigenvalue weighted by Gasteiger charge is -2.26. The number of amidine groups is 1. The average molecular weight is 700 g/mol. The van der Waals surface area contributed by atoms with Gasteiger partial charge in [0.25, 0.3) is 10.0 Å². The van der Waals surface area contributed by atoms with Crippen LogP contribution < -0.4 is 30.0 Å². The molecule has 6 N–H and O–H groups in total. The molecule has 0 aliphatic carbocycles. The van der Waals surface area contributed by atoms with E-state index >= 15 is 0 Å². The van der Waals surface area contributed by atoms with Crippen LogP contribution in [0.4, 0.5) is 11.4 Å². The maximum Gasteiger partial charge on any atom is 0.261 e. The van der Waals surface area contributed by atoms with E-state index in [9.17, 15) is 16.8 Å². The number of nitrogens with two attached hydrogens (primary N) is 1. The van der Waals surface area contributed by atoms with Crippen molar-refractivity contribution in [2.75, 3.05) is 23.2 Å². The van der Waals surface area contributed by atoms with Crippen molar-refractivity contribution in [1.82, 2.24) is 4.72 Å². The average Bonchev–Trinajstić information content (AvgIpc) is 3.11. The minimum atomic E-state index is -4.10. The van der Waals surface area contributed by atoms with Crippen LogP contribution in [0.2, 0.25) is 0 Å². The highest BCUT2D eigenvalue weighted by atomic mass is 32.2. The molecule has 1 unspecified atom stereocenters. The van der Waals surface area contributed by atoms with Crippen LogP contribution in [0.15, 0.2) is 137 Å². The third-order valence-electron chi connectivity index (χ3n) is 7.39. The number of hydrogen-bond acceptors (Lipinski definition) is 8. The molecule has 0 saturated carbocycles. The lowest BCUT2D eigenvalue weighted by molar-refractivity contribution is 0.269. The van der Waals surface area contributed by atoms with Crippen LogP contribution in [-0.4, -0.2) is 35.8 Å². The zero-order valence-corrected chi connectivity index (χ0v) is 28.3. The molecule has 0 aliphatic heterocycles. The topological polar surface area (TPSA) is 173 Å². The summed E-state index contributed by atoms with van der Waals surface area (Å²) in [5.41, 5.74) is 8.13. The Morgan fingerprint density at radius 3 is 1.86 bits per heavy atom. The molecular weight excluding hydrogens is 663 g/mol. The van der Waals surface area contributed by atoms with Gasteiger partial charge >= 0.3 is 0 Å². The van der Waals surface area contributed by atoms with E-state index in [0.29, 0.717) is 22.6 Å². The summed E-state index contributed by atoms with van der Waals surface area (Å²) in [5, 5.41) is 11.1. The number of nitrogen functional groups attached to an aromatic ring is 1. The van der Waals surface area contributed by atoms with Gasteiger partial charge in [-0.25, -0.2) is 21.6 Å². The maximum atomic E-state index is 13.7. The fourth-order valence-corrected chi connectivity index (χ4v) is 7.10. The molecule has 0 fully saturated rings. The van der Waals surface area contributed by atoms with Crippen LogP contribution in [0, 0.1) is 5.41 Å². The molecule has 1 atom stereocenters. The van der Waals surface area contributed by atoms with Crippen LogP contribution in [-0.2, 0) is 26.7 Å². The summed E-state index contributed by atoms with van der Waals surface area (Å²) in [5.74, 6) is 0.513. The summed E-state index contributed by atoms with van der Waals surface area (Å²) in [7, 11) is -8.06. The molecular formula is C36H37N5O6S2. The van der Waals surface area contributed by atoms with E-state index in [1.165, 1.54) is 24.3 Å². The summed E-state index contributed by atoms with van der Waals surface area (Å²) < 4.78 is 71.6. The second-order valence-corrected chi connectivity index (χ2v) is 14.3. The summed E-state index contributed by atoms with van der Waals surface area (Å²) in [6.07, 6.45) is 0. The van der Waals surface area contributed by atoms with Crippen molar-refractivity contribution < 1.29 is 26.3 Å². The fraction of sp³-hybridized carbons (Fsp3) is 0.139. The molecule has 0 saturated heterocycles. The van der Waals surface area contributed by atoms with Crippen molar-refractivity contribution in [3.05, 3.63) is 144 Å². The zero-order valence-electron chi connectivity index (χ0n) is 26.7. The number of hydrogen-bond donors (Lipinski definition) is 5. The third-order valence-corrected chi connectivity index (χ3v) is 10.2. The Morgan fingerprint density at radius 1 is 0.735 bits per heavy atom. The quantitative estimate of drug-likeness (QED) is 0.0627. The number of benzene rings is 5. The Morgan fingerprint density at radius 2 is 1.29 bits per heavy atom.